The molecule has 2 rings (SSSR count). The van der Waals surface area contributed by atoms with Gasteiger partial charge in [0.1, 0.15) is 0 Å². The van der Waals surface area contributed by atoms with Crippen molar-refractivity contribution in [3.63, 3.8) is 0 Å². The van der Waals surface area contributed by atoms with E-state index in [1.165, 1.54) is 0 Å². The van der Waals surface area contributed by atoms with E-state index in [4.69, 9.17) is 5.26 Å². The van der Waals surface area contributed by atoms with Crippen LogP contribution in [0.1, 0.15) is 23.2 Å². The van der Waals surface area contributed by atoms with Crippen LogP contribution in [-0.4, -0.2) is 23.9 Å². The number of carbonyl (C=O) groups excluding carboxylic acids is 1. The van der Waals surface area contributed by atoms with Crippen LogP contribution in [0.25, 0.3) is 0 Å². The number of amides is 1. The predicted octanol–water partition coefficient (Wildman–Crippen LogP) is 3.43. The van der Waals surface area contributed by atoms with Gasteiger partial charge in [-0.3, -0.25) is 4.79 Å². The lowest BCUT2D eigenvalue weighted by Crippen LogP contribution is -2.38. The van der Waals surface area contributed by atoms with Gasteiger partial charge in [0.15, 0.2) is 0 Å². The van der Waals surface area contributed by atoms with Crippen molar-refractivity contribution in [3.05, 3.63) is 31.8 Å². The Balaban J connectivity index is 2.13. The van der Waals surface area contributed by atoms with Crippen LogP contribution in [0.3, 0.4) is 0 Å². The molecule has 0 saturated carbocycles. The first-order valence-corrected chi connectivity index (χ1v) is 7.63. The van der Waals surface area contributed by atoms with Crippen LogP contribution in [0.5, 0.6) is 0 Å². The van der Waals surface area contributed by atoms with E-state index < -0.39 is 0 Å². The molecule has 5 heteroatoms. The van der Waals surface area contributed by atoms with Gasteiger partial charge in [-0.05, 0) is 69.6 Å². The summed E-state index contributed by atoms with van der Waals surface area (Å²) in [4.78, 5) is 14.2. The third kappa shape index (κ3) is 3.04. The first kappa shape index (κ1) is 13.8. The van der Waals surface area contributed by atoms with Gasteiger partial charge in [-0.25, -0.2) is 0 Å². The second-order valence-electron chi connectivity index (χ2n) is 4.32. The highest BCUT2D eigenvalue weighted by molar-refractivity contribution is 14.1. The van der Waals surface area contributed by atoms with Gasteiger partial charge in [-0.1, -0.05) is 0 Å². The summed E-state index contributed by atoms with van der Waals surface area (Å²) >= 11 is 5.62. The van der Waals surface area contributed by atoms with Gasteiger partial charge in [0.05, 0.1) is 11.6 Å². The zero-order valence-corrected chi connectivity index (χ0v) is 13.4. The van der Waals surface area contributed by atoms with E-state index in [2.05, 4.69) is 44.6 Å². The molecular weight excluding hydrogens is 407 g/mol. The smallest absolute Gasteiger partial charge is 0.255 e. The fourth-order valence-corrected chi connectivity index (χ4v) is 2.95. The van der Waals surface area contributed by atoms with Crippen LogP contribution in [-0.2, 0) is 0 Å². The van der Waals surface area contributed by atoms with Gasteiger partial charge < -0.3 is 4.90 Å². The Morgan fingerprint density at radius 1 is 1.44 bits per heavy atom. The molecule has 1 aliphatic heterocycles. The quantitative estimate of drug-likeness (QED) is 0.656. The van der Waals surface area contributed by atoms with Crippen molar-refractivity contribution in [2.75, 3.05) is 13.1 Å². The van der Waals surface area contributed by atoms with Gasteiger partial charge in [-0.15, -0.1) is 0 Å². The van der Waals surface area contributed by atoms with E-state index in [1.807, 2.05) is 23.1 Å². The summed E-state index contributed by atoms with van der Waals surface area (Å²) in [5.74, 6) is 0.158. The SMILES string of the molecule is N#CC1CCN(C(=O)c2cc(I)ccc2Br)CC1. The van der Waals surface area contributed by atoms with Crippen LogP contribution in [0.2, 0.25) is 0 Å². The van der Waals surface area contributed by atoms with Crippen LogP contribution < -0.4 is 0 Å². The Morgan fingerprint density at radius 3 is 2.72 bits per heavy atom. The number of hydrogen-bond acceptors (Lipinski definition) is 2. The van der Waals surface area contributed by atoms with Crippen LogP contribution in [0.4, 0.5) is 0 Å². The number of benzene rings is 1. The summed E-state index contributed by atoms with van der Waals surface area (Å²) in [5, 5.41) is 8.85. The lowest BCUT2D eigenvalue weighted by atomic mass is 9.98. The standard InChI is InChI=1S/C13H12BrIN2O/c14-12-2-1-10(15)7-11(12)13(18)17-5-3-9(8-16)4-6-17/h1-2,7,9H,3-6H2. The molecule has 0 bridgehead atoms. The minimum Gasteiger partial charge on any atom is -0.339 e. The molecular formula is C13H12BrIN2O. The van der Waals surface area contributed by atoms with Gasteiger partial charge >= 0.3 is 0 Å². The molecule has 0 N–H and O–H groups in total. The molecule has 1 amide bonds. The monoisotopic (exact) mass is 418 g/mol. The van der Waals surface area contributed by atoms with Gasteiger partial charge in [-0.2, -0.15) is 5.26 Å². The van der Waals surface area contributed by atoms with Crippen molar-refractivity contribution in [1.29, 1.82) is 5.26 Å². The number of nitrogens with zero attached hydrogens (tertiary/aromatic N) is 2. The molecule has 1 aliphatic rings. The molecule has 94 valence electrons. The number of halogens is 2. The summed E-state index contributed by atoms with van der Waals surface area (Å²) in [6.45, 7) is 1.35. The Labute approximate surface area is 128 Å². The number of likely N-dealkylation sites (tertiary alicyclic amines) is 1. The fourth-order valence-electron chi connectivity index (χ4n) is 2.04. The largest absolute Gasteiger partial charge is 0.339 e. The van der Waals surface area contributed by atoms with Gasteiger partial charge in [0.25, 0.3) is 5.91 Å². The summed E-state index contributed by atoms with van der Waals surface area (Å²) in [5.41, 5.74) is 0.706. The highest BCUT2D eigenvalue weighted by Crippen LogP contribution is 2.24. The van der Waals surface area contributed by atoms with Crippen molar-refractivity contribution in [2.45, 2.75) is 12.8 Å². The van der Waals surface area contributed by atoms with Crippen molar-refractivity contribution in [1.82, 2.24) is 4.90 Å². The van der Waals surface area contributed by atoms with E-state index in [0.717, 1.165) is 20.9 Å². The number of nitriles is 1. The van der Waals surface area contributed by atoms with Crippen LogP contribution in [0.15, 0.2) is 22.7 Å². The Bertz CT molecular complexity index is 504. The van der Waals surface area contributed by atoms with Crippen molar-refractivity contribution in [2.24, 2.45) is 5.92 Å². The topological polar surface area (TPSA) is 44.1 Å². The molecule has 3 nitrogen and oxygen atoms in total. The molecule has 1 saturated heterocycles. The number of piperidine rings is 1. The lowest BCUT2D eigenvalue weighted by molar-refractivity contribution is 0.0706. The number of rotatable bonds is 1. The molecule has 0 spiro atoms. The van der Waals surface area contributed by atoms with Crippen molar-refractivity contribution < 1.29 is 4.79 Å². The summed E-state index contributed by atoms with van der Waals surface area (Å²) < 4.78 is 1.88. The Morgan fingerprint density at radius 2 is 2.11 bits per heavy atom. The van der Waals surface area contributed by atoms with Gasteiger partial charge in [0.2, 0.25) is 0 Å². The first-order chi connectivity index (χ1) is 8.61. The molecule has 1 aromatic carbocycles. The number of carbonyl (C=O) groups is 1. The molecule has 0 radical (unpaired) electrons. The average molecular weight is 419 g/mol. The maximum Gasteiger partial charge on any atom is 0.255 e. The van der Waals surface area contributed by atoms with E-state index >= 15 is 0 Å². The third-order valence-electron chi connectivity index (χ3n) is 3.12. The first-order valence-electron chi connectivity index (χ1n) is 5.75. The summed E-state index contributed by atoms with van der Waals surface area (Å²) in [6.07, 6.45) is 1.56. The van der Waals surface area contributed by atoms with E-state index in [1.54, 1.807) is 0 Å². The second kappa shape index (κ2) is 6.02. The maximum atomic E-state index is 12.4. The Hall–Kier alpha value is -0.610. The van der Waals surface area contributed by atoms with E-state index in [0.29, 0.717) is 18.7 Å². The Kier molecular flexibility index (Phi) is 4.62. The molecule has 0 aromatic heterocycles. The highest BCUT2D eigenvalue weighted by Gasteiger charge is 2.24. The normalized spacial score (nSPS) is 16.4. The molecule has 0 aliphatic carbocycles. The second-order valence-corrected chi connectivity index (χ2v) is 6.42. The number of hydrogen-bond donors (Lipinski definition) is 0. The molecule has 1 heterocycles. The zero-order valence-electron chi connectivity index (χ0n) is 9.70. The van der Waals surface area contributed by atoms with Crippen molar-refractivity contribution in [3.8, 4) is 6.07 Å². The van der Waals surface area contributed by atoms with Crippen LogP contribution >= 0.6 is 38.5 Å². The molecule has 1 aromatic rings. The summed E-state index contributed by atoms with van der Waals surface area (Å²) in [6, 6.07) is 8.03. The summed E-state index contributed by atoms with van der Waals surface area (Å²) in [7, 11) is 0. The molecule has 1 fully saturated rings. The fraction of sp³-hybridized carbons (Fsp3) is 0.385. The molecule has 0 atom stereocenters. The third-order valence-corrected chi connectivity index (χ3v) is 4.49. The zero-order chi connectivity index (χ0) is 13.1. The van der Waals surface area contributed by atoms with Crippen molar-refractivity contribution >= 4 is 44.4 Å². The predicted molar refractivity (Wildman–Crippen MR) is 81.1 cm³/mol. The lowest BCUT2D eigenvalue weighted by Gasteiger charge is -2.29. The van der Waals surface area contributed by atoms with E-state index in [-0.39, 0.29) is 11.8 Å². The highest BCUT2D eigenvalue weighted by atomic mass is 127. The minimum absolute atomic E-state index is 0.0526. The molecule has 0 unspecified atom stereocenters. The maximum absolute atomic E-state index is 12.4. The minimum atomic E-state index is 0.0526. The molecule has 18 heavy (non-hydrogen) atoms. The average Bonchev–Trinajstić information content (AvgIpc) is 2.41. The van der Waals surface area contributed by atoms with Crippen LogP contribution in [0, 0.1) is 20.8 Å². The van der Waals surface area contributed by atoms with Gasteiger partial charge in [0, 0.05) is 27.1 Å². The van der Waals surface area contributed by atoms with E-state index in [9.17, 15) is 4.79 Å².